The topological polar surface area (TPSA) is 45.4 Å². The van der Waals surface area contributed by atoms with E-state index in [0.717, 1.165) is 25.9 Å². The lowest BCUT2D eigenvalue weighted by atomic mass is 9.77. The maximum absolute atomic E-state index is 6.40. The molecule has 3 rings (SSSR count). The Morgan fingerprint density at radius 3 is 2.81 bits per heavy atom. The van der Waals surface area contributed by atoms with Gasteiger partial charge in [0, 0.05) is 17.5 Å². The largest absolute Gasteiger partial charge is 0.323 e. The Morgan fingerprint density at radius 1 is 1.29 bits per heavy atom. The highest BCUT2D eigenvalue weighted by Crippen LogP contribution is 2.43. The van der Waals surface area contributed by atoms with E-state index in [-0.39, 0.29) is 11.5 Å². The van der Waals surface area contributed by atoms with E-state index in [4.69, 9.17) is 10.7 Å². The molecular weight excluding hydrogens is 280 g/mol. The van der Waals surface area contributed by atoms with Gasteiger partial charge in [-0.2, -0.15) is 0 Å². The van der Waals surface area contributed by atoms with E-state index >= 15 is 0 Å². The number of fused-ring (bicyclic) bond motifs is 1. The van der Waals surface area contributed by atoms with Crippen LogP contribution in [0.2, 0.25) is 0 Å². The van der Waals surface area contributed by atoms with Crippen LogP contribution in [0.3, 0.4) is 0 Å². The summed E-state index contributed by atoms with van der Waals surface area (Å²) in [5.74, 6) is 0. The van der Waals surface area contributed by atoms with Crippen LogP contribution < -0.4 is 5.73 Å². The zero-order valence-corrected chi connectivity index (χ0v) is 14.5. The minimum absolute atomic E-state index is 0.170. The molecule has 2 N–H and O–H groups in total. The van der Waals surface area contributed by atoms with Crippen LogP contribution in [0.1, 0.15) is 54.4 Å². The third-order valence-corrected chi connectivity index (χ3v) is 6.18. The Bertz CT molecular complexity index is 510. The summed E-state index contributed by atoms with van der Waals surface area (Å²) in [6, 6.07) is 0.590. The predicted molar refractivity (Wildman–Crippen MR) is 88.6 cm³/mol. The number of nitrogens with two attached hydrogens (primary N) is 1. The van der Waals surface area contributed by atoms with Crippen LogP contribution in [0, 0.1) is 5.41 Å². The summed E-state index contributed by atoms with van der Waals surface area (Å²) >= 11 is 1.86. The van der Waals surface area contributed by atoms with E-state index in [1.807, 2.05) is 11.3 Å². The van der Waals surface area contributed by atoms with Crippen molar-refractivity contribution in [1.82, 2.24) is 14.8 Å². The van der Waals surface area contributed by atoms with Gasteiger partial charge in [-0.3, -0.25) is 4.90 Å². The lowest BCUT2D eigenvalue weighted by Gasteiger charge is -2.32. The maximum Gasteiger partial charge on any atom is 0.112 e. The molecule has 0 bridgehead atoms. The number of rotatable bonds is 1. The molecule has 21 heavy (non-hydrogen) atoms. The molecule has 4 nitrogen and oxygen atoms in total. The molecular formula is C16H28N4S. The van der Waals surface area contributed by atoms with E-state index < -0.39 is 0 Å². The molecule has 0 aromatic carbocycles. The fourth-order valence-electron chi connectivity index (χ4n) is 3.69. The van der Waals surface area contributed by atoms with Gasteiger partial charge in [-0.05, 0) is 51.9 Å². The van der Waals surface area contributed by atoms with Crippen LogP contribution in [0.25, 0.3) is 0 Å². The molecule has 5 heteroatoms. The first-order chi connectivity index (χ1) is 9.85. The Hall–Kier alpha value is -0.490. The third kappa shape index (κ3) is 3.16. The van der Waals surface area contributed by atoms with Crippen molar-refractivity contribution in [1.29, 1.82) is 0 Å². The standard InChI is InChI=1S/C16H28N4S/c1-16(2)8-11(17)14-12(9-16)18-15(21-14)13-10-19(3)6-5-7-20(13)4/h11,13H,5-10,17H2,1-4H3. The second-order valence-electron chi connectivity index (χ2n) is 7.63. The highest BCUT2D eigenvalue weighted by atomic mass is 32.1. The minimum Gasteiger partial charge on any atom is -0.323 e. The summed E-state index contributed by atoms with van der Waals surface area (Å²) in [6.07, 6.45) is 3.38. The molecule has 118 valence electrons. The maximum atomic E-state index is 6.40. The Balaban J connectivity index is 1.90. The zero-order chi connectivity index (χ0) is 15.2. The van der Waals surface area contributed by atoms with Crippen LogP contribution in [-0.2, 0) is 6.42 Å². The quantitative estimate of drug-likeness (QED) is 0.865. The summed E-state index contributed by atoms with van der Waals surface area (Å²) in [5, 5.41) is 1.27. The molecule has 1 saturated heterocycles. The van der Waals surface area contributed by atoms with Crippen molar-refractivity contribution in [2.75, 3.05) is 33.7 Å². The second kappa shape index (κ2) is 5.61. The van der Waals surface area contributed by atoms with Gasteiger partial charge in [-0.1, -0.05) is 13.8 Å². The van der Waals surface area contributed by atoms with Crippen LogP contribution in [0.5, 0.6) is 0 Å². The van der Waals surface area contributed by atoms with Crippen LogP contribution >= 0.6 is 11.3 Å². The number of aromatic nitrogens is 1. The van der Waals surface area contributed by atoms with Crippen LogP contribution in [-0.4, -0.2) is 48.5 Å². The van der Waals surface area contributed by atoms with Crippen molar-refractivity contribution in [2.45, 2.75) is 45.2 Å². The highest BCUT2D eigenvalue weighted by Gasteiger charge is 2.35. The first-order valence-electron chi connectivity index (χ1n) is 7.99. The Kier molecular flexibility index (Phi) is 4.12. The molecule has 1 aromatic rings. The lowest BCUT2D eigenvalue weighted by molar-refractivity contribution is 0.227. The normalized spacial score (nSPS) is 30.9. The van der Waals surface area contributed by atoms with Gasteiger partial charge in [0.2, 0.25) is 0 Å². The summed E-state index contributed by atoms with van der Waals surface area (Å²) in [4.78, 5) is 11.2. The Morgan fingerprint density at radius 2 is 2.05 bits per heavy atom. The van der Waals surface area contributed by atoms with Crippen molar-refractivity contribution < 1.29 is 0 Å². The first-order valence-corrected chi connectivity index (χ1v) is 8.81. The molecule has 2 heterocycles. The van der Waals surface area contributed by atoms with Crippen molar-refractivity contribution in [3.05, 3.63) is 15.6 Å². The molecule has 2 aliphatic rings. The molecule has 2 unspecified atom stereocenters. The molecule has 0 saturated carbocycles. The van der Waals surface area contributed by atoms with Crippen molar-refractivity contribution in [3.8, 4) is 0 Å². The van der Waals surface area contributed by atoms with Gasteiger partial charge in [0.1, 0.15) is 5.01 Å². The minimum atomic E-state index is 0.170. The SMILES string of the molecule is CN1CCCN(C)C(c2nc3c(s2)C(N)CC(C)(C)C3)C1. The Labute approximate surface area is 132 Å². The van der Waals surface area contributed by atoms with Gasteiger partial charge >= 0.3 is 0 Å². The molecule has 0 spiro atoms. The van der Waals surface area contributed by atoms with Crippen molar-refractivity contribution in [2.24, 2.45) is 11.1 Å². The van der Waals surface area contributed by atoms with Crippen molar-refractivity contribution in [3.63, 3.8) is 0 Å². The monoisotopic (exact) mass is 308 g/mol. The van der Waals surface area contributed by atoms with Gasteiger partial charge in [0.15, 0.2) is 0 Å². The van der Waals surface area contributed by atoms with Gasteiger partial charge in [0.05, 0.1) is 11.7 Å². The zero-order valence-electron chi connectivity index (χ0n) is 13.7. The predicted octanol–water partition coefficient (Wildman–Crippen LogP) is 2.42. The summed E-state index contributed by atoms with van der Waals surface area (Å²) in [6.45, 7) is 8.01. The molecule has 1 aliphatic heterocycles. The first kappa shape index (κ1) is 15.4. The van der Waals surface area contributed by atoms with E-state index in [9.17, 15) is 0 Å². The summed E-state index contributed by atoms with van der Waals surface area (Å²) in [7, 11) is 4.45. The smallest absolute Gasteiger partial charge is 0.112 e. The van der Waals surface area contributed by atoms with E-state index in [1.165, 1.54) is 28.5 Å². The number of nitrogens with zero attached hydrogens (tertiary/aromatic N) is 3. The van der Waals surface area contributed by atoms with Gasteiger partial charge < -0.3 is 10.6 Å². The molecule has 0 radical (unpaired) electrons. The molecule has 0 amide bonds. The molecule has 1 aromatic heterocycles. The fraction of sp³-hybridized carbons (Fsp3) is 0.812. The molecule has 1 aliphatic carbocycles. The molecule has 1 fully saturated rings. The summed E-state index contributed by atoms with van der Waals surface area (Å²) < 4.78 is 0. The van der Waals surface area contributed by atoms with E-state index in [0.29, 0.717) is 6.04 Å². The number of hydrogen-bond acceptors (Lipinski definition) is 5. The number of likely N-dealkylation sites (N-methyl/N-ethyl adjacent to an activating group) is 2. The molecule has 2 atom stereocenters. The van der Waals surface area contributed by atoms with Gasteiger partial charge in [0.25, 0.3) is 0 Å². The van der Waals surface area contributed by atoms with E-state index in [1.54, 1.807) is 0 Å². The third-order valence-electron chi connectivity index (χ3n) is 4.85. The van der Waals surface area contributed by atoms with Gasteiger partial charge in [-0.25, -0.2) is 4.98 Å². The van der Waals surface area contributed by atoms with Crippen LogP contribution in [0.15, 0.2) is 0 Å². The average molecular weight is 308 g/mol. The number of thiazole rings is 1. The van der Waals surface area contributed by atoms with E-state index in [2.05, 4.69) is 37.7 Å². The fourth-order valence-corrected chi connectivity index (χ4v) is 4.94. The summed E-state index contributed by atoms with van der Waals surface area (Å²) in [5.41, 5.74) is 7.95. The highest BCUT2D eigenvalue weighted by molar-refractivity contribution is 7.12. The lowest BCUT2D eigenvalue weighted by Crippen LogP contribution is -2.30. The van der Waals surface area contributed by atoms with Gasteiger partial charge in [-0.15, -0.1) is 11.3 Å². The van der Waals surface area contributed by atoms with Crippen LogP contribution in [0.4, 0.5) is 0 Å². The van der Waals surface area contributed by atoms with Crippen molar-refractivity contribution >= 4 is 11.3 Å². The average Bonchev–Trinajstić information content (AvgIpc) is 2.70. The second-order valence-corrected chi connectivity index (χ2v) is 8.69. The number of hydrogen-bond donors (Lipinski definition) is 1.